The molecule has 0 aliphatic heterocycles. The van der Waals surface area contributed by atoms with Crippen LogP contribution >= 0.6 is 0 Å². The molecule has 2 heterocycles. The maximum atomic E-state index is 11.7. The smallest absolute Gasteiger partial charge is 0.374 e. The van der Waals surface area contributed by atoms with Gasteiger partial charge in [0.15, 0.2) is 6.61 Å². The Hall–Kier alpha value is -2.89. The van der Waals surface area contributed by atoms with Crippen LogP contribution < -0.4 is 0 Å². The molecule has 0 unspecified atom stereocenters. The van der Waals surface area contributed by atoms with Crippen LogP contribution in [0.3, 0.4) is 0 Å². The van der Waals surface area contributed by atoms with Gasteiger partial charge in [-0.2, -0.15) is 4.98 Å². The highest BCUT2D eigenvalue weighted by atomic mass is 16.6. The second-order valence-corrected chi connectivity index (χ2v) is 5.34. The van der Waals surface area contributed by atoms with Gasteiger partial charge in [0.05, 0.1) is 6.26 Å². The summed E-state index contributed by atoms with van der Waals surface area (Å²) in [7, 11) is 0. The van der Waals surface area contributed by atoms with Crippen molar-refractivity contribution in [2.75, 3.05) is 0 Å². The van der Waals surface area contributed by atoms with Gasteiger partial charge in [0.1, 0.15) is 0 Å². The lowest BCUT2D eigenvalue weighted by molar-refractivity contribution is 0.0393. The van der Waals surface area contributed by atoms with E-state index in [-0.39, 0.29) is 18.3 Å². The van der Waals surface area contributed by atoms with E-state index in [1.165, 1.54) is 17.9 Å². The number of hydrogen-bond acceptors (Lipinski definition) is 6. The number of carbonyl (C=O) groups is 1. The van der Waals surface area contributed by atoms with Crippen LogP contribution in [0.4, 0.5) is 0 Å². The molecule has 3 rings (SSSR count). The number of nitrogens with zero attached hydrogens (tertiary/aromatic N) is 2. The average Bonchev–Trinajstić information content (AvgIpc) is 3.24. The Morgan fingerprint density at radius 1 is 1.22 bits per heavy atom. The predicted molar refractivity (Wildman–Crippen MR) is 81.7 cm³/mol. The van der Waals surface area contributed by atoms with Crippen molar-refractivity contribution in [3.05, 3.63) is 59.9 Å². The Bertz CT molecular complexity index is 773. The molecule has 23 heavy (non-hydrogen) atoms. The summed E-state index contributed by atoms with van der Waals surface area (Å²) in [4.78, 5) is 15.9. The Morgan fingerprint density at radius 3 is 2.65 bits per heavy atom. The van der Waals surface area contributed by atoms with Crippen LogP contribution in [0.1, 0.15) is 41.8 Å². The number of benzene rings is 1. The molecule has 0 atom stereocenters. The molecule has 0 saturated carbocycles. The lowest BCUT2D eigenvalue weighted by Crippen LogP contribution is -2.04. The second-order valence-electron chi connectivity index (χ2n) is 5.34. The summed E-state index contributed by atoms with van der Waals surface area (Å²) in [5, 5.41) is 3.90. The first-order chi connectivity index (χ1) is 11.1. The molecule has 0 bridgehead atoms. The fraction of sp³-hybridized carbons (Fsp3) is 0.235. The van der Waals surface area contributed by atoms with Crippen molar-refractivity contribution >= 4 is 5.97 Å². The van der Waals surface area contributed by atoms with Crippen LogP contribution in [-0.4, -0.2) is 16.1 Å². The van der Waals surface area contributed by atoms with Gasteiger partial charge in [0.25, 0.3) is 5.89 Å². The Balaban J connectivity index is 1.64. The number of esters is 1. The van der Waals surface area contributed by atoms with Gasteiger partial charge < -0.3 is 13.7 Å². The van der Waals surface area contributed by atoms with Crippen molar-refractivity contribution < 1.29 is 18.5 Å². The second kappa shape index (κ2) is 6.48. The zero-order valence-corrected chi connectivity index (χ0v) is 12.9. The SMILES string of the molecule is CC(C)c1ccc(-c2noc(COC(=O)c3ccco3)n2)cc1. The van der Waals surface area contributed by atoms with E-state index in [1.54, 1.807) is 6.07 Å². The highest BCUT2D eigenvalue weighted by Crippen LogP contribution is 2.20. The van der Waals surface area contributed by atoms with Crippen LogP contribution in [0.15, 0.2) is 51.6 Å². The minimum absolute atomic E-state index is 0.101. The summed E-state index contributed by atoms with van der Waals surface area (Å²) in [6.45, 7) is 4.17. The lowest BCUT2D eigenvalue weighted by Gasteiger charge is -2.04. The van der Waals surface area contributed by atoms with E-state index in [9.17, 15) is 4.79 Å². The molecule has 0 amide bonds. The van der Waals surface area contributed by atoms with Crippen molar-refractivity contribution in [1.29, 1.82) is 0 Å². The van der Waals surface area contributed by atoms with Gasteiger partial charge in [-0.1, -0.05) is 43.3 Å². The Labute approximate surface area is 133 Å². The minimum atomic E-state index is -0.573. The normalized spacial score (nSPS) is 10.9. The van der Waals surface area contributed by atoms with E-state index in [4.69, 9.17) is 13.7 Å². The van der Waals surface area contributed by atoms with Gasteiger partial charge in [-0.25, -0.2) is 4.79 Å². The highest BCUT2D eigenvalue weighted by molar-refractivity contribution is 5.86. The largest absolute Gasteiger partial charge is 0.457 e. The van der Waals surface area contributed by atoms with Crippen LogP contribution in [-0.2, 0) is 11.3 Å². The molecule has 6 nitrogen and oxygen atoms in total. The van der Waals surface area contributed by atoms with Gasteiger partial charge in [-0.05, 0) is 23.6 Å². The number of hydrogen-bond donors (Lipinski definition) is 0. The Morgan fingerprint density at radius 2 is 2.00 bits per heavy atom. The predicted octanol–water partition coefficient (Wildman–Crippen LogP) is 3.81. The molecule has 0 radical (unpaired) electrons. The zero-order chi connectivity index (χ0) is 16.2. The summed E-state index contributed by atoms with van der Waals surface area (Å²) < 4.78 is 15.1. The van der Waals surface area contributed by atoms with E-state index in [1.807, 2.05) is 24.3 Å². The molecular weight excluding hydrogens is 296 g/mol. The fourth-order valence-electron chi connectivity index (χ4n) is 2.04. The molecule has 0 spiro atoms. The van der Waals surface area contributed by atoms with Crippen LogP contribution in [0.5, 0.6) is 0 Å². The van der Waals surface area contributed by atoms with Crippen molar-refractivity contribution in [2.24, 2.45) is 0 Å². The van der Waals surface area contributed by atoms with Crippen LogP contribution in [0.25, 0.3) is 11.4 Å². The molecule has 2 aromatic heterocycles. The molecule has 1 aromatic carbocycles. The van der Waals surface area contributed by atoms with Crippen molar-refractivity contribution in [1.82, 2.24) is 10.1 Å². The molecule has 0 aliphatic carbocycles. The standard InChI is InChI=1S/C17H16N2O4/c1-11(2)12-5-7-13(8-6-12)16-18-15(23-19-16)10-22-17(20)14-4-3-9-21-14/h3-9,11H,10H2,1-2H3. The fourth-order valence-corrected chi connectivity index (χ4v) is 2.04. The van der Waals surface area contributed by atoms with Crippen LogP contribution in [0, 0.1) is 0 Å². The van der Waals surface area contributed by atoms with Crippen molar-refractivity contribution in [3.63, 3.8) is 0 Å². The molecule has 3 aromatic rings. The molecule has 6 heteroatoms. The molecular formula is C17H16N2O4. The quantitative estimate of drug-likeness (QED) is 0.667. The summed E-state index contributed by atoms with van der Waals surface area (Å²) in [5.74, 6) is 0.716. The lowest BCUT2D eigenvalue weighted by atomic mass is 10.0. The first-order valence-electron chi connectivity index (χ1n) is 7.27. The van der Waals surface area contributed by atoms with Gasteiger partial charge in [-0.3, -0.25) is 0 Å². The third-order valence-corrected chi connectivity index (χ3v) is 3.35. The topological polar surface area (TPSA) is 78.4 Å². The third kappa shape index (κ3) is 3.48. The monoisotopic (exact) mass is 312 g/mol. The van der Waals surface area contributed by atoms with Crippen molar-refractivity contribution in [3.8, 4) is 11.4 Å². The number of furan rings is 1. The molecule has 0 N–H and O–H groups in total. The summed E-state index contributed by atoms with van der Waals surface area (Å²) in [6, 6.07) is 11.1. The van der Waals surface area contributed by atoms with Gasteiger partial charge in [-0.15, -0.1) is 0 Å². The summed E-state index contributed by atoms with van der Waals surface area (Å²) >= 11 is 0. The highest BCUT2D eigenvalue weighted by Gasteiger charge is 2.14. The maximum Gasteiger partial charge on any atom is 0.374 e. The molecule has 118 valence electrons. The van der Waals surface area contributed by atoms with E-state index >= 15 is 0 Å². The van der Waals surface area contributed by atoms with Crippen molar-refractivity contribution in [2.45, 2.75) is 26.4 Å². The van der Waals surface area contributed by atoms with E-state index in [2.05, 4.69) is 24.0 Å². The minimum Gasteiger partial charge on any atom is -0.457 e. The van der Waals surface area contributed by atoms with E-state index in [0.29, 0.717) is 11.7 Å². The average molecular weight is 312 g/mol. The third-order valence-electron chi connectivity index (χ3n) is 3.35. The first kappa shape index (κ1) is 15.0. The maximum absolute atomic E-state index is 11.7. The summed E-state index contributed by atoms with van der Waals surface area (Å²) in [5.41, 5.74) is 2.09. The van der Waals surface area contributed by atoms with Gasteiger partial charge >= 0.3 is 5.97 Å². The molecule has 0 saturated heterocycles. The zero-order valence-electron chi connectivity index (χ0n) is 12.9. The molecule has 0 fully saturated rings. The Kier molecular flexibility index (Phi) is 4.23. The molecule has 0 aliphatic rings. The van der Waals surface area contributed by atoms with E-state index < -0.39 is 5.97 Å². The van der Waals surface area contributed by atoms with Gasteiger partial charge in [0.2, 0.25) is 11.6 Å². The van der Waals surface area contributed by atoms with Crippen LogP contribution in [0.2, 0.25) is 0 Å². The number of aromatic nitrogens is 2. The summed E-state index contributed by atoms with van der Waals surface area (Å²) in [6.07, 6.45) is 1.40. The number of ether oxygens (including phenoxy) is 1. The van der Waals surface area contributed by atoms with E-state index in [0.717, 1.165) is 5.56 Å². The first-order valence-corrected chi connectivity index (χ1v) is 7.27. The number of rotatable bonds is 5. The van der Waals surface area contributed by atoms with Gasteiger partial charge in [0, 0.05) is 5.56 Å². The number of carbonyl (C=O) groups excluding carboxylic acids is 1.